The molecule has 3 rings (SSSR count). The van der Waals surface area contributed by atoms with Crippen molar-refractivity contribution in [2.45, 2.75) is 44.9 Å². The Labute approximate surface area is 190 Å². The number of rotatable bonds is 9. The van der Waals surface area contributed by atoms with Crippen LogP contribution in [0.1, 0.15) is 36.2 Å². The number of hydrogen-bond donors (Lipinski definition) is 5. The van der Waals surface area contributed by atoms with Crippen LogP contribution < -0.4 is 20.1 Å². The third kappa shape index (κ3) is 6.14. The van der Waals surface area contributed by atoms with Crippen LogP contribution >= 0.6 is 10.8 Å². The van der Waals surface area contributed by atoms with Gasteiger partial charge in [0.1, 0.15) is 5.75 Å². The SMILES string of the molecule is CC(C)Oc1cc(C(=O)N[C@@H](Cc2ccccc2)[C@H](O)CN)cc(N2CCCS2(O)O)c1. The van der Waals surface area contributed by atoms with Crippen LogP contribution in [-0.2, 0) is 6.42 Å². The zero-order chi connectivity index (χ0) is 23.3. The molecule has 2 aromatic rings. The quantitative estimate of drug-likeness (QED) is 0.387. The summed E-state index contributed by atoms with van der Waals surface area (Å²) in [5.41, 5.74) is 7.47. The highest BCUT2D eigenvalue weighted by atomic mass is 32.3. The molecular formula is C23H33N3O5S. The molecule has 1 fully saturated rings. The molecule has 0 aliphatic carbocycles. The standard InChI is InChI=1S/C23H33N3O5S/c1-16(2)31-20-13-18(12-19(14-20)26-9-6-10-32(26,29)30)23(28)25-21(22(27)15-24)11-17-7-4-3-5-8-17/h3-5,7-8,12-14,16,21-22,27,29-30H,6,9-11,15,24H2,1-2H3,(H,25,28)/t21-,22+/m0/s1. The number of carbonyl (C=O) groups is 1. The molecular weight excluding hydrogens is 430 g/mol. The summed E-state index contributed by atoms with van der Waals surface area (Å²) in [5, 5.41) is 13.3. The Morgan fingerprint density at radius 3 is 2.53 bits per heavy atom. The predicted molar refractivity (Wildman–Crippen MR) is 128 cm³/mol. The van der Waals surface area contributed by atoms with Crippen LogP contribution in [0.4, 0.5) is 5.69 Å². The summed E-state index contributed by atoms with van der Waals surface area (Å²) in [6, 6.07) is 13.9. The normalized spacial score (nSPS) is 18.3. The molecule has 1 aliphatic rings. The Morgan fingerprint density at radius 2 is 1.94 bits per heavy atom. The minimum absolute atomic E-state index is 0.00815. The van der Waals surface area contributed by atoms with Crippen molar-refractivity contribution in [3.8, 4) is 5.75 Å². The molecule has 2 atom stereocenters. The number of nitrogens with zero attached hydrogens (tertiary/aromatic N) is 1. The van der Waals surface area contributed by atoms with E-state index in [0.29, 0.717) is 42.1 Å². The minimum atomic E-state index is -2.92. The van der Waals surface area contributed by atoms with E-state index in [4.69, 9.17) is 10.5 Å². The van der Waals surface area contributed by atoms with Crippen molar-refractivity contribution < 1.29 is 23.7 Å². The van der Waals surface area contributed by atoms with Gasteiger partial charge in [-0.05, 0) is 44.4 Å². The van der Waals surface area contributed by atoms with E-state index in [-0.39, 0.29) is 12.6 Å². The van der Waals surface area contributed by atoms with E-state index >= 15 is 0 Å². The third-order valence-corrected chi connectivity index (χ3v) is 7.20. The summed E-state index contributed by atoms with van der Waals surface area (Å²) >= 11 is 0. The van der Waals surface area contributed by atoms with Gasteiger partial charge < -0.3 is 20.9 Å². The van der Waals surface area contributed by atoms with Crippen LogP contribution in [0, 0.1) is 0 Å². The molecule has 0 aromatic heterocycles. The molecule has 176 valence electrons. The van der Waals surface area contributed by atoms with Crippen LogP contribution in [0.25, 0.3) is 0 Å². The number of amides is 1. The molecule has 6 N–H and O–H groups in total. The van der Waals surface area contributed by atoms with Crippen molar-refractivity contribution in [3.05, 3.63) is 59.7 Å². The lowest BCUT2D eigenvalue weighted by atomic mass is 10.0. The molecule has 1 heterocycles. The number of benzene rings is 2. The fourth-order valence-electron chi connectivity index (χ4n) is 3.72. The molecule has 2 aromatic carbocycles. The topological polar surface area (TPSA) is 128 Å². The van der Waals surface area contributed by atoms with E-state index in [1.807, 2.05) is 44.2 Å². The van der Waals surface area contributed by atoms with Crippen molar-refractivity contribution in [2.24, 2.45) is 5.73 Å². The van der Waals surface area contributed by atoms with Gasteiger partial charge >= 0.3 is 0 Å². The zero-order valence-electron chi connectivity index (χ0n) is 18.5. The average Bonchev–Trinajstić information content (AvgIpc) is 3.11. The number of nitrogens with one attached hydrogen (secondary N) is 1. The van der Waals surface area contributed by atoms with E-state index in [1.54, 1.807) is 18.2 Å². The Morgan fingerprint density at radius 1 is 1.22 bits per heavy atom. The molecule has 0 saturated carbocycles. The van der Waals surface area contributed by atoms with E-state index in [9.17, 15) is 19.0 Å². The maximum absolute atomic E-state index is 13.2. The number of aliphatic hydroxyl groups is 1. The van der Waals surface area contributed by atoms with Crippen molar-refractivity contribution in [1.29, 1.82) is 0 Å². The van der Waals surface area contributed by atoms with Crippen molar-refractivity contribution in [1.82, 2.24) is 5.32 Å². The van der Waals surface area contributed by atoms with Crippen LogP contribution in [-0.4, -0.2) is 57.2 Å². The van der Waals surface area contributed by atoms with E-state index in [0.717, 1.165) is 5.56 Å². The second-order valence-corrected chi connectivity index (χ2v) is 10.4. The number of carbonyl (C=O) groups excluding carboxylic acids is 1. The molecule has 8 nitrogen and oxygen atoms in total. The first-order valence-corrected chi connectivity index (χ1v) is 12.4. The summed E-state index contributed by atoms with van der Waals surface area (Å²) in [5.74, 6) is 0.360. The van der Waals surface area contributed by atoms with Gasteiger partial charge in [-0.25, -0.2) is 0 Å². The fraction of sp³-hybridized carbons (Fsp3) is 0.435. The smallest absolute Gasteiger partial charge is 0.251 e. The highest BCUT2D eigenvalue weighted by Crippen LogP contribution is 2.51. The fourth-order valence-corrected chi connectivity index (χ4v) is 5.32. The van der Waals surface area contributed by atoms with Gasteiger partial charge in [-0.1, -0.05) is 30.3 Å². The number of nitrogens with two attached hydrogens (primary N) is 1. The van der Waals surface area contributed by atoms with E-state index < -0.39 is 28.8 Å². The molecule has 32 heavy (non-hydrogen) atoms. The maximum atomic E-state index is 13.2. The Kier molecular flexibility index (Phi) is 8.02. The number of aliphatic hydroxyl groups excluding tert-OH is 1. The highest BCUT2D eigenvalue weighted by molar-refractivity contribution is 8.25. The van der Waals surface area contributed by atoms with Gasteiger partial charge in [-0.15, -0.1) is 10.8 Å². The summed E-state index contributed by atoms with van der Waals surface area (Å²) < 4.78 is 28.1. The van der Waals surface area contributed by atoms with Crippen molar-refractivity contribution in [2.75, 3.05) is 23.1 Å². The minimum Gasteiger partial charge on any atom is -0.491 e. The summed E-state index contributed by atoms with van der Waals surface area (Å²) in [7, 11) is -2.92. The molecule has 1 amide bonds. The first-order valence-electron chi connectivity index (χ1n) is 10.8. The van der Waals surface area contributed by atoms with Crippen molar-refractivity contribution >= 4 is 22.4 Å². The van der Waals surface area contributed by atoms with Gasteiger partial charge in [-0.2, -0.15) is 0 Å². The van der Waals surface area contributed by atoms with Gasteiger partial charge in [-0.3, -0.25) is 18.2 Å². The summed E-state index contributed by atoms with van der Waals surface area (Å²) in [6.45, 7) is 4.25. The number of ether oxygens (including phenoxy) is 1. The van der Waals surface area contributed by atoms with Gasteiger partial charge in [0, 0.05) is 24.7 Å². The molecule has 1 aliphatic heterocycles. The van der Waals surface area contributed by atoms with Crippen LogP contribution in [0.15, 0.2) is 48.5 Å². The number of hydrogen-bond acceptors (Lipinski definition) is 7. The van der Waals surface area contributed by atoms with Crippen LogP contribution in [0.5, 0.6) is 5.75 Å². The summed E-state index contributed by atoms with van der Waals surface area (Å²) in [6.07, 6.45) is 0.0393. The van der Waals surface area contributed by atoms with E-state index in [2.05, 4.69) is 5.32 Å². The molecule has 9 heteroatoms. The maximum Gasteiger partial charge on any atom is 0.251 e. The Hall–Kier alpha value is -2.30. The average molecular weight is 464 g/mol. The molecule has 0 unspecified atom stereocenters. The van der Waals surface area contributed by atoms with Gasteiger partial charge in [0.15, 0.2) is 0 Å². The first-order chi connectivity index (χ1) is 15.2. The lowest BCUT2D eigenvalue weighted by Crippen LogP contribution is -2.47. The van der Waals surface area contributed by atoms with E-state index in [1.165, 1.54) is 4.31 Å². The predicted octanol–water partition coefficient (Wildman–Crippen LogP) is 3.01. The molecule has 1 saturated heterocycles. The first kappa shape index (κ1) is 24.3. The van der Waals surface area contributed by atoms with Crippen LogP contribution in [0.3, 0.4) is 0 Å². The van der Waals surface area contributed by atoms with Crippen molar-refractivity contribution in [3.63, 3.8) is 0 Å². The molecule has 0 spiro atoms. The second kappa shape index (κ2) is 10.5. The molecule has 0 radical (unpaired) electrons. The third-order valence-electron chi connectivity index (χ3n) is 5.27. The van der Waals surface area contributed by atoms with Gasteiger partial charge in [0.25, 0.3) is 5.91 Å². The van der Waals surface area contributed by atoms with Crippen LogP contribution in [0.2, 0.25) is 0 Å². The lowest BCUT2D eigenvalue weighted by Gasteiger charge is -2.38. The largest absolute Gasteiger partial charge is 0.491 e. The Bertz CT molecular complexity index is 910. The Balaban J connectivity index is 1.88. The lowest BCUT2D eigenvalue weighted by molar-refractivity contribution is 0.0845. The molecule has 0 bridgehead atoms. The highest BCUT2D eigenvalue weighted by Gasteiger charge is 2.30. The van der Waals surface area contributed by atoms with Gasteiger partial charge in [0.2, 0.25) is 0 Å². The van der Waals surface area contributed by atoms with Gasteiger partial charge in [0.05, 0.1) is 29.7 Å². The number of anilines is 1. The monoisotopic (exact) mass is 463 g/mol. The second-order valence-electron chi connectivity index (χ2n) is 8.25. The zero-order valence-corrected chi connectivity index (χ0v) is 19.3. The summed E-state index contributed by atoms with van der Waals surface area (Å²) in [4.78, 5) is 13.2.